The van der Waals surface area contributed by atoms with Gasteiger partial charge in [0.05, 0.1) is 7.11 Å². The van der Waals surface area contributed by atoms with Crippen molar-refractivity contribution in [3.8, 4) is 5.88 Å². The summed E-state index contributed by atoms with van der Waals surface area (Å²) in [7, 11) is 1.43. The maximum absolute atomic E-state index is 11.3. The SMILES string of the molecule is COc1ncccc1NC(=O)COCC(=O)O. The van der Waals surface area contributed by atoms with Crippen LogP contribution in [0.4, 0.5) is 5.69 Å². The third-order valence-corrected chi connectivity index (χ3v) is 1.70. The molecule has 0 unspecified atom stereocenters. The molecule has 0 radical (unpaired) electrons. The van der Waals surface area contributed by atoms with E-state index >= 15 is 0 Å². The van der Waals surface area contributed by atoms with Gasteiger partial charge < -0.3 is 19.9 Å². The predicted molar refractivity (Wildman–Crippen MR) is 57.9 cm³/mol. The first kappa shape index (κ1) is 12.9. The number of aliphatic carboxylic acids is 1. The number of rotatable bonds is 6. The molecule has 0 aliphatic rings. The first-order chi connectivity index (χ1) is 8.13. The van der Waals surface area contributed by atoms with Crippen molar-refractivity contribution in [1.29, 1.82) is 0 Å². The molecule has 1 amide bonds. The molecule has 1 aromatic heterocycles. The fraction of sp³-hybridized carbons (Fsp3) is 0.300. The number of methoxy groups -OCH3 is 1. The summed E-state index contributed by atoms with van der Waals surface area (Å²) in [5.41, 5.74) is 0.402. The van der Waals surface area contributed by atoms with Crippen molar-refractivity contribution < 1.29 is 24.2 Å². The van der Waals surface area contributed by atoms with E-state index in [1.807, 2.05) is 0 Å². The van der Waals surface area contributed by atoms with Crippen molar-refractivity contribution >= 4 is 17.6 Å². The molecule has 0 aromatic carbocycles. The maximum Gasteiger partial charge on any atom is 0.329 e. The Hall–Kier alpha value is -2.15. The van der Waals surface area contributed by atoms with Gasteiger partial charge in [-0.05, 0) is 12.1 Å². The number of nitrogens with zero attached hydrogens (tertiary/aromatic N) is 1. The van der Waals surface area contributed by atoms with Crippen molar-refractivity contribution in [3.05, 3.63) is 18.3 Å². The summed E-state index contributed by atoms with van der Waals surface area (Å²) in [5, 5.41) is 10.8. The fourth-order valence-corrected chi connectivity index (χ4v) is 1.07. The number of carbonyl (C=O) groups is 2. The number of nitrogens with one attached hydrogen (secondary N) is 1. The van der Waals surface area contributed by atoms with Gasteiger partial charge in [-0.3, -0.25) is 4.79 Å². The van der Waals surface area contributed by atoms with Crippen LogP contribution in [0.3, 0.4) is 0 Å². The Labute approximate surface area is 97.4 Å². The largest absolute Gasteiger partial charge is 0.480 e. The number of hydrogen-bond donors (Lipinski definition) is 2. The molecule has 0 fully saturated rings. The van der Waals surface area contributed by atoms with Gasteiger partial charge in [-0.25, -0.2) is 9.78 Å². The zero-order chi connectivity index (χ0) is 12.7. The number of hydrogen-bond acceptors (Lipinski definition) is 5. The monoisotopic (exact) mass is 240 g/mol. The van der Waals surface area contributed by atoms with Crippen LogP contribution in [-0.4, -0.2) is 42.3 Å². The highest BCUT2D eigenvalue weighted by molar-refractivity contribution is 5.92. The van der Waals surface area contributed by atoms with Crippen LogP contribution in [0.1, 0.15) is 0 Å². The molecule has 0 spiro atoms. The number of carbonyl (C=O) groups excluding carboxylic acids is 1. The molecule has 2 N–H and O–H groups in total. The molecule has 1 heterocycles. The van der Waals surface area contributed by atoms with Gasteiger partial charge in [-0.15, -0.1) is 0 Å². The average molecular weight is 240 g/mol. The lowest BCUT2D eigenvalue weighted by molar-refractivity contribution is -0.143. The molecule has 7 heteroatoms. The third kappa shape index (κ3) is 4.47. The number of pyridine rings is 1. The number of aromatic nitrogens is 1. The Morgan fingerprint density at radius 1 is 1.47 bits per heavy atom. The molecular formula is C10H12N2O5. The van der Waals surface area contributed by atoms with Gasteiger partial charge in [0.25, 0.3) is 5.91 Å². The normalized spacial score (nSPS) is 9.71. The van der Waals surface area contributed by atoms with Crippen molar-refractivity contribution in [3.63, 3.8) is 0 Å². The average Bonchev–Trinajstić information content (AvgIpc) is 2.29. The summed E-state index contributed by atoms with van der Waals surface area (Å²) < 4.78 is 9.56. The standard InChI is InChI=1S/C10H12N2O5/c1-16-10-7(3-2-4-11-10)12-8(13)5-17-6-9(14)15/h2-4H,5-6H2,1H3,(H,12,13)(H,14,15). The summed E-state index contributed by atoms with van der Waals surface area (Å²) in [4.78, 5) is 25.4. The maximum atomic E-state index is 11.3. The van der Waals surface area contributed by atoms with Crippen molar-refractivity contribution in [2.24, 2.45) is 0 Å². The first-order valence-electron chi connectivity index (χ1n) is 4.72. The minimum atomic E-state index is -1.13. The van der Waals surface area contributed by atoms with E-state index in [0.29, 0.717) is 5.69 Å². The Morgan fingerprint density at radius 2 is 2.24 bits per heavy atom. The van der Waals surface area contributed by atoms with Gasteiger partial charge in [0.1, 0.15) is 18.9 Å². The Balaban J connectivity index is 2.47. The minimum Gasteiger partial charge on any atom is -0.480 e. The van der Waals surface area contributed by atoms with E-state index in [0.717, 1.165) is 0 Å². The number of carboxylic acids is 1. The Morgan fingerprint density at radius 3 is 2.88 bits per heavy atom. The van der Waals surface area contributed by atoms with Crippen LogP contribution in [-0.2, 0) is 14.3 Å². The first-order valence-corrected chi connectivity index (χ1v) is 4.72. The van der Waals surface area contributed by atoms with Crippen LogP contribution in [0, 0.1) is 0 Å². The van der Waals surface area contributed by atoms with Crippen LogP contribution in [0.15, 0.2) is 18.3 Å². The highest BCUT2D eigenvalue weighted by Crippen LogP contribution is 2.19. The number of ether oxygens (including phenoxy) is 2. The van der Waals surface area contributed by atoms with Gasteiger partial charge in [0, 0.05) is 6.20 Å². The highest BCUT2D eigenvalue weighted by Gasteiger charge is 2.08. The van der Waals surface area contributed by atoms with Gasteiger partial charge in [-0.2, -0.15) is 0 Å². The van der Waals surface area contributed by atoms with E-state index in [9.17, 15) is 9.59 Å². The lowest BCUT2D eigenvalue weighted by Gasteiger charge is -2.08. The van der Waals surface area contributed by atoms with E-state index < -0.39 is 18.5 Å². The van der Waals surface area contributed by atoms with Crippen molar-refractivity contribution in [1.82, 2.24) is 4.98 Å². The van der Waals surface area contributed by atoms with Crippen LogP contribution >= 0.6 is 0 Å². The lowest BCUT2D eigenvalue weighted by Crippen LogP contribution is -2.21. The number of anilines is 1. The zero-order valence-electron chi connectivity index (χ0n) is 9.17. The van der Waals surface area contributed by atoms with Gasteiger partial charge >= 0.3 is 5.97 Å². The second-order valence-electron chi connectivity index (χ2n) is 2.99. The van der Waals surface area contributed by atoms with Crippen molar-refractivity contribution in [2.75, 3.05) is 25.6 Å². The molecule has 0 aliphatic carbocycles. The molecule has 7 nitrogen and oxygen atoms in total. The second kappa shape index (κ2) is 6.44. The predicted octanol–water partition coefficient (Wildman–Crippen LogP) is 0.130. The Bertz CT molecular complexity index is 407. The van der Waals surface area contributed by atoms with Crippen LogP contribution < -0.4 is 10.1 Å². The molecule has 0 aliphatic heterocycles. The summed E-state index contributed by atoms with van der Waals surface area (Å²) in [6, 6.07) is 3.25. The molecule has 0 bridgehead atoms. The Kier molecular flexibility index (Phi) is 4.89. The summed E-state index contributed by atoms with van der Waals surface area (Å²) >= 11 is 0. The van der Waals surface area contributed by atoms with E-state index in [1.54, 1.807) is 12.1 Å². The summed E-state index contributed by atoms with van der Waals surface area (Å²) in [6.07, 6.45) is 1.52. The molecule has 0 saturated heterocycles. The molecule has 0 saturated carbocycles. The van der Waals surface area contributed by atoms with E-state index in [4.69, 9.17) is 9.84 Å². The van der Waals surface area contributed by atoms with E-state index in [1.165, 1.54) is 13.3 Å². The van der Waals surface area contributed by atoms with E-state index in [-0.39, 0.29) is 12.5 Å². The quantitative estimate of drug-likeness (QED) is 0.733. The number of amides is 1. The third-order valence-electron chi connectivity index (χ3n) is 1.70. The van der Waals surface area contributed by atoms with Crippen molar-refractivity contribution in [2.45, 2.75) is 0 Å². The minimum absolute atomic E-state index is 0.277. The fourth-order valence-electron chi connectivity index (χ4n) is 1.07. The molecule has 92 valence electrons. The van der Waals surface area contributed by atoms with Gasteiger partial charge in [0.2, 0.25) is 5.88 Å². The van der Waals surface area contributed by atoms with E-state index in [2.05, 4.69) is 15.0 Å². The topological polar surface area (TPSA) is 97.8 Å². The molecular weight excluding hydrogens is 228 g/mol. The smallest absolute Gasteiger partial charge is 0.329 e. The highest BCUT2D eigenvalue weighted by atomic mass is 16.5. The molecule has 1 aromatic rings. The van der Waals surface area contributed by atoms with Gasteiger partial charge in [0.15, 0.2) is 0 Å². The van der Waals surface area contributed by atoms with Crippen LogP contribution in [0.5, 0.6) is 5.88 Å². The van der Waals surface area contributed by atoms with Gasteiger partial charge in [-0.1, -0.05) is 0 Å². The second-order valence-corrected chi connectivity index (χ2v) is 2.99. The molecule has 0 atom stereocenters. The zero-order valence-corrected chi connectivity index (χ0v) is 9.17. The van der Waals surface area contributed by atoms with Crippen LogP contribution in [0.2, 0.25) is 0 Å². The molecule has 17 heavy (non-hydrogen) atoms. The summed E-state index contributed by atoms with van der Waals surface area (Å²) in [5.74, 6) is -1.33. The lowest BCUT2D eigenvalue weighted by atomic mass is 10.4. The summed E-state index contributed by atoms with van der Waals surface area (Å²) in [6.45, 7) is -0.859. The van der Waals surface area contributed by atoms with Crippen LogP contribution in [0.25, 0.3) is 0 Å². The number of carboxylic acid groups (broad SMARTS) is 1. The molecule has 1 rings (SSSR count).